The molecule has 2 rings (SSSR count). The Morgan fingerprint density at radius 3 is 2.69 bits per heavy atom. The maximum Gasteiger partial charge on any atom is 0.0704 e. The topological polar surface area (TPSA) is 12.0 Å². The molecule has 1 aromatic rings. The molecular formula is C13H20BrNS. The van der Waals surface area contributed by atoms with E-state index in [0.29, 0.717) is 6.04 Å². The number of nitrogens with one attached hydrogen (secondary N) is 1. The van der Waals surface area contributed by atoms with Crippen molar-refractivity contribution in [2.75, 3.05) is 6.54 Å². The zero-order chi connectivity index (χ0) is 11.7. The zero-order valence-electron chi connectivity index (χ0n) is 10.2. The molecular weight excluding hydrogens is 282 g/mol. The maximum absolute atomic E-state index is 3.66. The average molecular weight is 302 g/mol. The summed E-state index contributed by atoms with van der Waals surface area (Å²) in [5.41, 5.74) is 1.50. The minimum Gasteiger partial charge on any atom is -0.310 e. The van der Waals surface area contributed by atoms with Crippen LogP contribution in [0.4, 0.5) is 0 Å². The molecule has 2 atom stereocenters. The second-order valence-corrected chi connectivity index (χ2v) is 7.43. The van der Waals surface area contributed by atoms with Crippen LogP contribution in [-0.4, -0.2) is 6.54 Å². The van der Waals surface area contributed by atoms with Crippen LogP contribution >= 0.6 is 27.3 Å². The number of hydrogen-bond donors (Lipinski definition) is 1. The molecule has 1 aromatic heterocycles. The summed E-state index contributed by atoms with van der Waals surface area (Å²) in [7, 11) is 0. The lowest BCUT2D eigenvalue weighted by atomic mass is 9.91. The lowest BCUT2D eigenvalue weighted by molar-refractivity contribution is 0.355. The van der Waals surface area contributed by atoms with Crippen LogP contribution in [0.25, 0.3) is 0 Å². The number of thiophene rings is 1. The second-order valence-electron chi connectivity index (χ2n) is 4.79. The molecule has 0 saturated heterocycles. The maximum atomic E-state index is 3.66. The number of halogens is 1. The molecule has 90 valence electrons. The van der Waals surface area contributed by atoms with Crippen molar-refractivity contribution in [2.24, 2.45) is 11.8 Å². The van der Waals surface area contributed by atoms with E-state index in [1.807, 2.05) is 11.3 Å². The molecule has 1 saturated carbocycles. The smallest absolute Gasteiger partial charge is 0.0704 e. The van der Waals surface area contributed by atoms with Gasteiger partial charge in [0, 0.05) is 10.9 Å². The van der Waals surface area contributed by atoms with Gasteiger partial charge in [0.15, 0.2) is 0 Å². The lowest BCUT2D eigenvalue weighted by Crippen LogP contribution is -2.28. The highest BCUT2D eigenvalue weighted by Crippen LogP contribution is 2.44. The molecule has 1 aliphatic rings. The third-order valence-electron chi connectivity index (χ3n) is 3.58. The van der Waals surface area contributed by atoms with Crippen molar-refractivity contribution in [1.29, 1.82) is 0 Å². The van der Waals surface area contributed by atoms with E-state index in [9.17, 15) is 0 Å². The molecule has 1 fully saturated rings. The van der Waals surface area contributed by atoms with Gasteiger partial charge in [-0.25, -0.2) is 0 Å². The van der Waals surface area contributed by atoms with Crippen LogP contribution < -0.4 is 5.32 Å². The molecule has 1 nitrogen and oxygen atoms in total. The van der Waals surface area contributed by atoms with Crippen molar-refractivity contribution in [1.82, 2.24) is 5.32 Å². The van der Waals surface area contributed by atoms with Gasteiger partial charge < -0.3 is 5.32 Å². The van der Waals surface area contributed by atoms with Gasteiger partial charge in [-0.3, -0.25) is 0 Å². The Kier molecular flexibility index (Phi) is 4.09. The Hall–Kier alpha value is 0.140. The summed E-state index contributed by atoms with van der Waals surface area (Å²) in [5.74, 6) is 1.71. The summed E-state index contributed by atoms with van der Waals surface area (Å²) < 4.78 is 1.26. The highest BCUT2D eigenvalue weighted by Gasteiger charge is 2.34. The van der Waals surface area contributed by atoms with E-state index in [-0.39, 0.29) is 0 Å². The van der Waals surface area contributed by atoms with Gasteiger partial charge in [0.2, 0.25) is 0 Å². The molecule has 0 bridgehead atoms. The Morgan fingerprint density at radius 2 is 2.25 bits per heavy atom. The van der Waals surface area contributed by atoms with Gasteiger partial charge in [-0.15, -0.1) is 11.3 Å². The van der Waals surface area contributed by atoms with Gasteiger partial charge in [-0.1, -0.05) is 13.8 Å². The number of hydrogen-bond acceptors (Lipinski definition) is 2. The van der Waals surface area contributed by atoms with Crippen LogP contribution in [0.5, 0.6) is 0 Å². The van der Waals surface area contributed by atoms with Crippen LogP contribution in [-0.2, 0) is 0 Å². The monoisotopic (exact) mass is 301 g/mol. The normalized spacial score (nSPS) is 19.8. The van der Waals surface area contributed by atoms with E-state index >= 15 is 0 Å². The van der Waals surface area contributed by atoms with E-state index < -0.39 is 0 Å². The fourth-order valence-electron chi connectivity index (χ4n) is 2.46. The minimum absolute atomic E-state index is 0.542. The largest absolute Gasteiger partial charge is 0.310 e. The standard InChI is InChI=1S/C13H20BrNS/c1-4-15-13(8(2)10-5-6-10)11-7-12(14)16-9(11)3/h7-8,10,13,15H,4-6H2,1-3H3. The summed E-state index contributed by atoms with van der Waals surface area (Å²) in [5, 5.41) is 3.66. The molecule has 1 N–H and O–H groups in total. The Morgan fingerprint density at radius 1 is 1.56 bits per heavy atom. The second kappa shape index (κ2) is 5.19. The minimum atomic E-state index is 0.542. The van der Waals surface area contributed by atoms with E-state index in [2.05, 4.69) is 48.1 Å². The molecule has 3 heteroatoms. The van der Waals surface area contributed by atoms with Crippen molar-refractivity contribution >= 4 is 27.3 Å². The predicted octanol–water partition coefficient (Wildman–Crippen LogP) is 4.52. The molecule has 2 unspecified atom stereocenters. The Balaban J connectivity index is 2.20. The summed E-state index contributed by atoms with van der Waals surface area (Å²) in [6.45, 7) is 7.88. The number of aryl methyl sites for hydroxylation is 1. The van der Waals surface area contributed by atoms with Crippen molar-refractivity contribution in [3.05, 3.63) is 20.3 Å². The molecule has 16 heavy (non-hydrogen) atoms. The molecule has 0 spiro atoms. The zero-order valence-corrected chi connectivity index (χ0v) is 12.6. The summed E-state index contributed by atoms with van der Waals surface area (Å²) in [6, 6.07) is 2.84. The first-order chi connectivity index (χ1) is 7.63. The summed E-state index contributed by atoms with van der Waals surface area (Å²) in [4.78, 5) is 1.45. The highest BCUT2D eigenvalue weighted by atomic mass is 79.9. The summed E-state index contributed by atoms with van der Waals surface area (Å²) in [6.07, 6.45) is 2.85. The van der Waals surface area contributed by atoms with Gasteiger partial charge in [-0.05, 0) is 65.7 Å². The molecule has 0 aliphatic heterocycles. The van der Waals surface area contributed by atoms with E-state index in [0.717, 1.165) is 18.4 Å². The van der Waals surface area contributed by atoms with Gasteiger partial charge in [0.25, 0.3) is 0 Å². The van der Waals surface area contributed by atoms with Crippen molar-refractivity contribution in [3.63, 3.8) is 0 Å². The first-order valence-electron chi connectivity index (χ1n) is 6.12. The quantitative estimate of drug-likeness (QED) is 0.843. The Labute approximate surface area is 111 Å². The average Bonchev–Trinajstić information content (AvgIpc) is 3.01. The molecule has 0 amide bonds. The van der Waals surface area contributed by atoms with Crippen molar-refractivity contribution in [2.45, 2.75) is 39.7 Å². The van der Waals surface area contributed by atoms with Gasteiger partial charge >= 0.3 is 0 Å². The van der Waals surface area contributed by atoms with E-state index in [1.54, 1.807) is 0 Å². The predicted molar refractivity (Wildman–Crippen MR) is 75.1 cm³/mol. The lowest BCUT2D eigenvalue weighted by Gasteiger charge is -2.25. The van der Waals surface area contributed by atoms with Crippen LogP contribution in [0.2, 0.25) is 0 Å². The van der Waals surface area contributed by atoms with Crippen molar-refractivity contribution < 1.29 is 0 Å². The first kappa shape index (κ1) is 12.6. The fraction of sp³-hybridized carbons (Fsp3) is 0.692. The summed E-state index contributed by atoms with van der Waals surface area (Å²) >= 11 is 5.44. The number of rotatable bonds is 5. The molecule has 1 aliphatic carbocycles. The third kappa shape index (κ3) is 2.69. The highest BCUT2D eigenvalue weighted by molar-refractivity contribution is 9.11. The first-order valence-corrected chi connectivity index (χ1v) is 7.73. The Bertz CT molecular complexity index is 357. The van der Waals surface area contributed by atoms with Crippen LogP contribution in [0.1, 0.15) is 43.2 Å². The van der Waals surface area contributed by atoms with Crippen LogP contribution in [0.15, 0.2) is 9.85 Å². The third-order valence-corrected chi connectivity index (χ3v) is 5.15. The fourth-order valence-corrected chi connectivity index (χ4v) is 4.22. The van der Waals surface area contributed by atoms with E-state index in [4.69, 9.17) is 0 Å². The van der Waals surface area contributed by atoms with Crippen LogP contribution in [0, 0.1) is 18.8 Å². The molecule has 0 aromatic carbocycles. The van der Waals surface area contributed by atoms with Gasteiger partial charge in [0.1, 0.15) is 0 Å². The van der Waals surface area contributed by atoms with Gasteiger partial charge in [0.05, 0.1) is 3.79 Å². The van der Waals surface area contributed by atoms with E-state index in [1.165, 1.54) is 27.1 Å². The van der Waals surface area contributed by atoms with Gasteiger partial charge in [-0.2, -0.15) is 0 Å². The van der Waals surface area contributed by atoms with Crippen LogP contribution in [0.3, 0.4) is 0 Å². The molecule has 1 heterocycles. The van der Waals surface area contributed by atoms with Crippen molar-refractivity contribution in [3.8, 4) is 0 Å². The SMILES string of the molecule is CCNC(c1cc(Br)sc1C)C(C)C1CC1. The molecule has 0 radical (unpaired) electrons.